The first-order chi connectivity index (χ1) is 5.97. The number of halogens is 2. The summed E-state index contributed by atoms with van der Waals surface area (Å²) in [6.45, 7) is -1.05. The zero-order chi connectivity index (χ0) is 10.1. The van der Waals surface area contributed by atoms with Gasteiger partial charge in [0.15, 0.2) is 0 Å². The fourth-order valence-corrected chi connectivity index (χ4v) is 1.32. The largest absolute Gasteiger partial charge is 0.465 e. The van der Waals surface area contributed by atoms with Crippen molar-refractivity contribution in [2.45, 2.75) is 12.3 Å². The van der Waals surface area contributed by atoms with Crippen LogP contribution in [0.2, 0.25) is 0 Å². The molecule has 1 rings (SSSR count). The van der Waals surface area contributed by atoms with Crippen molar-refractivity contribution in [3.8, 4) is 6.07 Å². The highest BCUT2D eigenvalue weighted by molar-refractivity contribution is 5.65. The molecule has 4 nitrogen and oxygen atoms in total. The topological polar surface area (TPSA) is 64.3 Å². The number of likely N-dealkylation sites (tertiary alicyclic amines) is 1. The number of carboxylic acid groups (broad SMARTS) is 1. The van der Waals surface area contributed by atoms with Gasteiger partial charge in [0.2, 0.25) is 0 Å². The molecule has 1 heterocycles. The van der Waals surface area contributed by atoms with Gasteiger partial charge < -0.3 is 10.0 Å². The van der Waals surface area contributed by atoms with Crippen LogP contribution in [0.3, 0.4) is 0 Å². The molecular formula is C7H8F2N2O2. The quantitative estimate of drug-likeness (QED) is 0.674. The van der Waals surface area contributed by atoms with E-state index < -0.39 is 24.5 Å². The summed E-state index contributed by atoms with van der Waals surface area (Å²) < 4.78 is 25.9. The molecular weight excluding hydrogens is 182 g/mol. The normalized spacial score (nSPS) is 25.6. The van der Waals surface area contributed by atoms with Crippen molar-refractivity contribution >= 4 is 6.09 Å². The zero-order valence-corrected chi connectivity index (χ0v) is 6.70. The second-order valence-electron chi connectivity index (χ2n) is 2.98. The van der Waals surface area contributed by atoms with E-state index in [1.807, 2.05) is 0 Å². The average molecular weight is 190 g/mol. The Bertz CT molecular complexity index is 262. The Morgan fingerprint density at radius 2 is 2.38 bits per heavy atom. The molecule has 1 saturated heterocycles. The highest BCUT2D eigenvalue weighted by Gasteiger charge is 2.49. The Balaban J connectivity index is 2.69. The summed E-state index contributed by atoms with van der Waals surface area (Å²) in [5.41, 5.74) is 0. The lowest BCUT2D eigenvalue weighted by Crippen LogP contribution is -2.30. The van der Waals surface area contributed by atoms with Crippen molar-refractivity contribution in [3.05, 3.63) is 0 Å². The van der Waals surface area contributed by atoms with Crippen LogP contribution in [0.25, 0.3) is 0 Å². The molecule has 0 spiro atoms. The molecule has 1 N–H and O–H groups in total. The van der Waals surface area contributed by atoms with Gasteiger partial charge in [0, 0.05) is 13.0 Å². The predicted molar refractivity (Wildman–Crippen MR) is 38.3 cm³/mol. The van der Waals surface area contributed by atoms with E-state index in [0.29, 0.717) is 4.90 Å². The third-order valence-corrected chi connectivity index (χ3v) is 2.05. The number of nitriles is 1. The predicted octanol–water partition coefficient (Wildman–Crippen LogP) is 1.15. The van der Waals surface area contributed by atoms with Crippen molar-refractivity contribution in [2.75, 3.05) is 13.1 Å². The molecule has 72 valence electrons. The third-order valence-electron chi connectivity index (χ3n) is 2.05. The highest BCUT2D eigenvalue weighted by atomic mass is 19.3. The van der Waals surface area contributed by atoms with Gasteiger partial charge in [-0.2, -0.15) is 5.26 Å². The van der Waals surface area contributed by atoms with Crippen molar-refractivity contribution in [1.29, 1.82) is 5.26 Å². The minimum absolute atomic E-state index is 0.254. The summed E-state index contributed by atoms with van der Waals surface area (Å²) in [5, 5.41) is 16.7. The third kappa shape index (κ3) is 1.86. The lowest BCUT2D eigenvalue weighted by atomic mass is 10.0. The van der Waals surface area contributed by atoms with Crippen LogP contribution in [0.1, 0.15) is 6.42 Å². The summed E-state index contributed by atoms with van der Waals surface area (Å²) in [6, 6.07) is 1.63. The zero-order valence-electron chi connectivity index (χ0n) is 6.70. The van der Waals surface area contributed by atoms with Gasteiger partial charge in [0.25, 0.3) is 5.92 Å². The molecule has 0 aromatic carbocycles. The van der Waals surface area contributed by atoms with Gasteiger partial charge >= 0.3 is 6.09 Å². The maximum atomic E-state index is 13.0. The number of nitrogens with zero attached hydrogens (tertiary/aromatic N) is 2. The number of carbonyl (C=O) groups is 1. The first-order valence-electron chi connectivity index (χ1n) is 3.70. The lowest BCUT2D eigenvalue weighted by molar-refractivity contribution is -0.0246. The fraction of sp³-hybridized carbons (Fsp3) is 0.714. The van der Waals surface area contributed by atoms with Crippen LogP contribution < -0.4 is 0 Å². The Labute approximate surface area is 73.4 Å². The molecule has 0 radical (unpaired) electrons. The molecule has 1 amide bonds. The standard InChI is InChI=1S/C7H8F2N2O2/c8-7(9)4-11(6(12)13)3-5(7)1-2-10/h5H,1,3-4H2,(H,12,13). The van der Waals surface area contributed by atoms with Gasteiger partial charge in [-0.1, -0.05) is 0 Å². The summed E-state index contributed by atoms with van der Waals surface area (Å²) in [4.78, 5) is 11.0. The molecule has 0 aromatic rings. The molecule has 13 heavy (non-hydrogen) atoms. The van der Waals surface area contributed by atoms with Gasteiger partial charge in [-0.25, -0.2) is 13.6 Å². The van der Waals surface area contributed by atoms with Crippen LogP contribution in [0.15, 0.2) is 0 Å². The van der Waals surface area contributed by atoms with Crippen LogP contribution >= 0.6 is 0 Å². The fourth-order valence-electron chi connectivity index (χ4n) is 1.32. The second-order valence-corrected chi connectivity index (χ2v) is 2.98. The molecule has 1 fully saturated rings. The van der Waals surface area contributed by atoms with Crippen molar-refractivity contribution in [3.63, 3.8) is 0 Å². The smallest absolute Gasteiger partial charge is 0.407 e. The summed E-state index contributed by atoms with van der Waals surface area (Å²) in [7, 11) is 0. The van der Waals surface area contributed by atoms with E-state index in [1.165, 1.54) is 0 Å². The summed E-state index contributed by atoms with van der Waals surface area (Å²) >= 11 is 0. The molecule has 1 aliphatic rings. The maximum absolute atomic E-state index is 13.0. The minimum atomic E-state index is -3.06. The van der Waals surface area contributed by atoms with E-state index in [4.69, 9.17) is 10.4 Å². The molecule has 6 heteroatoms. The van der Waals surface area contributed by atoms with E-state index in [9.17, 15) is 13.6 Å². The van der Waals surface area contributed by atoms with Crippen LogP contribution in [-0.2, 0) is 0 Å². The van der Waals surface area contributed by atoms with E-state index in [0.717, 1.165) is 0 Å². The molecule has 0 saturated carbocycles. The lowest BCUT2D eigenvalue weighted by Gasteiger charge is -2.12. The number of hydrogen-bond donors (Lipinski definition) is 1. The van der Waals surface area contributed by atoms with Gasteiger partial charge in [-0.15, -0.1) is 0 Å². The number of amides is 1. The van der Waals surface area contributed by atoms with Gasteiger partial charge in [-0.05, 0) is 0 Å². The molecule has 0 aliphatic carbocycles. The Morgan fingerprint density at radius 1 is 1.77 bits per heavy atom. The second kappa shape index (κ2) is 3.17. The Hall–Kier alpha value is -1.38. The Morgan fingerprint density at radius 3 is 2.77 bits per heavy atom. The average Bonchev–Trinajstić information content (AvgIpc) is 2.28. The maximum Gasteiger partial charge on any atom is 0.407 e. The summed E-state index contributed by atoms with van der Waals surface area (Å²) in [5.74, 6) is -4.22. The van der Waals surface area contributed by atoms with E-state index in [-0.39, 0.29) is 13.0 Å². The molecule has 0 bridgehead atoms. The molecule has 1 aliphatic heterocycles. The first-order valence-corrected chi connectivity index (χ1v) is 3.70. The molecule has 0 aromatic heterocycles. The van der Waals surface area contributed by atoms with E-state index in [2.05, 4.69) is 0 Å². The highest BCUT2D eigenvalue weighted by Crippen LogP contribution is 2.34. The van der Waals surface area contributed by atoms with Crippen LogP contribution in [0, 0.1) is 17.2 Å². The number of alkyl halides is 2. The van der Waals surface area contributed by atoms with Crippen molar-refractivity contribution in [1.82, 2.24) is 4.90 Å². The monoisotopic (exact) mass is 190 g/mol. The van der Waals surface area contributed by atoms with Gasteiger partial charge in [0.05, 0.1) is 18.5 Å². The molecule has 1 unspecified atom stereocenters. The first kappa shape index (κ1) is 9.71. The Kier molecular flexibility index (Phi) is 2.36. The van der Waals surface area contributed by atoms with Crippen molar-refractivity contribution < 1.29 is 18.7 Å². The number of rotatable bonds is 1. The van der Waals surface area contributed by atoms with Crippen LogP contribution in [-0.4, -0.2) is 35.1 Å². The van der Waals surface area contributed by atoms with E-state index >= 15 is 0 Å². The van der Waals surface area contributed by atoms with Gasteiger partial charge in [0.1, 0.15) is 0 Å². The van der Waals surface area contributed by atoms with Crippen LogP contribution in [0.4, 0.5) is 13.6 Å². The number of hydrogen-bond acceptors (Lipinski definition) is 2. The molecule has 1 atom stereocenters. The van der Waals surface area contributed by atoms with Crippen LogP contribution in [0.5, 0.6) is 0 Å². The van der Waals surface area contributed by atoms with Crippen molar-refractivity contribution in [2.24, 2.45) is 5.92 Å². The SMILES string of the molecule is N#CCC1CN(C(=O)O)CC1(F)F. The minimum Gasteiger partial charge on any atom is -0.465 e. The van der Waals surface area contributed by atoms with Gasteiger partial charge in [-0.3, -0.25) is 0 Å². The van der Waals surface area contributed by atoms with E-state index in [1.54, 1.807) is 6.07 Å². The summed E-state index contributed by atoms with van der Waals surface area (Å²) in [6.07, 6.45) is -1.67.